The summed E-state index contributed by atoms with van der Waals surface area (Å²) in [6.45, 7) is 9.68. The Bertz CT molecular complexity index is 529. The molecule has 22 heavy (non-hydrogen) atoms. The topological polar surface area (TPSA) is 6.48 Å². The molecule has 1 aliphatic heterocycles. The number of benzene rings is 1. The fourth-order valence-electron chi connectivity index (χ4n) is 3.68. The van der Waals surface area contributed by atoms with Gasteiger partial charge in [0.15, 0.2) is 0 Å². The molecular formula is C19H27FN2. The molecule has 1 aromatic rings. The summed E-state index contributed by atoms with van der Waals surface area (Å²) in [5.74, 6) is 0.746. The van der Waals surface area contributed by atoms with Crippen LogP contribution in [0, 0.1) is 11.8 Å². The van der Waals surface area contributed by atoms with Crippen LogP contribution in [-0.2, 0) is 0 Å². The van der Waals surface area contributed by atoms with Gasteiger partial charge in [-0.25, -0.2) is 14.4 Å². The number of nitrogens with zero attached hydrogens (tertiary/aromatic N) is 2. The molecule has 0 bridgehead atoms. The summed E-state index contributed by atoms with van der Waals surface area (Å²) in [4.78, 5) is 0. The molecule has 2 aliphatic rings. The highest BCUT2D eigenvalue weighted by Gasteiger charge is 2.43. The van der Waals surface area contributed by atoms with Crippen molar-refractivity contribution in [3.8, 4) is 0 Å². The molecule has 3 heteroatoms. The first-order valence-electron chi connectivity index (χ1n) is 8.36. The summed E-state index contributed by atoms with van der Waals surface area (Å²) in [6, 6.07) is 11.3. The van der Waals surface area contributed by atoms with Crippen molar-refractivity contribution in [3.05, 3.63) is 48.0 Å². The second-order valence-corrected chi connectivity index (χ2v) is 7.07. The number of halogens is 1. The molecule has 5 unspecified atom stereocenters. The van der Waals surface area contributed by atoms with Crippen molar-refractivity contribution in [3.63, 3.8) is 0 Å². The van der Waals surface area contributed by atoms with Gasteiger partial charge in [0.1, 0.15) is 6.17 Å². The second kappa shape index (κ2) is 6.13. The molecule has 1 aromatic carbocycles. The van der Waals surface area contributed by atoms with Gasteiger partial charge in [0, 0.05) is 31.6 Å². The zero-order chi connectivity index (χ0) is 15.9. The van der Waals surface area contributed by atoms with Crippen LogP contribution in [0.25, 0.3) is 0 Å². The molecule has 2 nitrogen and oxygen atoms in total. The lowest BCUT2D eigenvalue weighted by Crippen LogP contribution is -2.45. The van der Waals surface area contributed by atoms with Crippen molar-refractivity contribution in [1.82, 2.24) is 10.0 Å². The zero-order valence-corrected chi connectivity index (χ0v) is 13.9. The van der Waals surface area contributed by atoms with Crippen LogP contribution < -0.4 is 0 Å². The zero-order valence-electron chi connectivity index (χ0n) is 13.9. The van der Waals surface area contributed by atoms with E-state index in [0.29, 0.717) is 18.4 Å². The van der Waals surface area contributed by atoms with E-state index in [1.54, 1.807) is 0 Å². The monoisotopic (exact) mass is 302 g/mol. The summed E-state index contributed by atoms with van der Waals surface area (Å²) >= 11 is 0. The molecule has 0 amide bonds. The van der Waals surface area contributed by atoms with Crippen molar-refractivity contribution in [2.75, 3.05) is 13.6 Å². The standard InChI is InChI=1S/C19H27FN2/c1-13-10-19(16-8-6-5-7-9-16)22(12-13)21(4)15(3)14(2)17-11-18(17)20/h5-9,13,15,17-19H,2,10-12H2,1,3-4H3. The molecule has 0 spiro atoms. The molecule has 0 radical (unpaired) electrons. The molecule has 0 aromatic heterocycles. The molecule has 1 saturated carbocycles. The number of hydrogen-bond acceptors (Lipinski definition) is 2. The largest absolute Gasteiger partial charge is 0.247 e. The van der Waals surface area contributed by atoms with Gasteiger partial charge in [-0.3, -0.25) is 0 Å². The molecule has 3 rings (SSSR count). The predicted octanol–water partition coefficient (Wildman–Crippen LogP) is 4.22. The van der Waals surface area contributed by atoms with E-state index in [1.807, 2.05) is 0 Å². The average Bonchev–Trinajstić information content (AvgIpc) is 3.13. The fourth-order valence-corrected chi connectivity index (χ4v) is 3.68. The van der Waals surface area contributed by atoms with Crippen LogP contribution in [0.4, 0.5) is 4.39 Å². The van der Waals surface area contributed by atoms with Gasteiger partial charge in [0.05, 0.1) is 0 Å². The van der Waals surface area contributed by atoms with Gasteiger partial charge in [-0.15, -0.1) is 0 Å². The van der Waals surface area contributed by atoms with E-state index < -0.39 is 6.17 Å². The molecule has 1 aliphatic carbocycles. The first kappa shape index (κ1) is 15.7. The predicted molar refractivity (Wildman–Crippen MR) is 89.0 cm³/mol. The Balaban J connectivity index is 1.75. The van der Waals surface area contributed by atoms with Gasteiger partial charge in [-0.05, 0) is 31.2 Å². The van der Waals surface area contributed by atoms with E-state index in [4.69, 9.17) is 0 Å². The molecule has 1 heterocycles. The lowest BCUT2D eigenvalue weighted by molar-refractivity contribution is -0.0368. The Kier molecular flexibility index (Phi) is 4.37. The van der Waals surface area contributed by atoms with Crippen LogP contribution in [0.15, 0.2) is 42.5 Å². The van der Waals surface area contributed by atoms with Crippen molar-refractivity contribution >= 4 is 0 Å². The summed E-state index contributed by atoms with van der Waals surface area (Å²) in [6.07, 6.45) is 1.17. The van der Waals surface area contributed by atoms with Gasteiger partial charge in [0.2, 0.25) is 0 Å². The highest BCUT2D eigenvalue weighted by Crippen LogP contribution is 2.43. The minimum atomic E-state index is -0.661. The van der Waals surface area contributed by atoms with Crippen molar-refractivity contribution < 1.29 is 4.39 Å². The van der Waals surface area contributed by atoms with Crippen molar-refractivity contribution in [2.45, 2.75) is 44.9 Å². The highest BCUT2D eigenvalue weighted by molar-refractivity contribution is 5.21. The number of rotatable bonds is 5. The van der Waals surface area contributed by atoms with E-state index in [1.165, 1.54) is 12.0 Å². The summed E-state index contributed by atoms with van der Waals surface area (Å²) in [5.41, 5.74) is 2.41. The van der Waals surface area contributed by atoms with Crippen LogP contribution in [0.2, 0.25) is 0 Å². The molecule has 0 N–H and O–H groups in total. The average molecular weight is 302 g/mol. The van der Waals surface area contributed by atoms with Crippen molar-refractivity contribution in [1.29, 1.82) is 0 Å². The van der Waals surface area contributed by atoms with E-state index in [0.717, 1.165) is 12.1 Å². The Morgan fingerprint density at radius 1 is 1.32 bits per heavy atom. The van der Waals surface area contributed by atoms with Crippen LogP contribution in [-0.4, -0.2) is 35.8 Å². The minimum Gasteiger partial charge on any atom is -0.247 e. The maximum Gasteiger partial charge on any atom is 0.107 e. The van der Waals surface area contributed by atoms with Crippen LogP contribution >= 0.6 is 0 Å². The minimum absolute atomic E-state index is 0.0765. The SMILES string of the molecule is C=C(C1CC1F)C(C)N(C)N1CC(C)CC1c1ccccc1. The number of likely N-dealkylation sites (N-methyl/N-ethyl adjacent to an activating group) is 1. The molecular weight excluding hydrogens is 275 g/mol. The maximum absolute atomic E-state index is 13.3. The van der Waals surface area contributed by atoms with Crippen LogP contribution in [0.5, 0.6) is 0 Å². The van der Waals surface area contributed by atoms with Gasteiger partial charge in [0.25, 0.3) is 0 Å². The Morgan fingerprint density at radius 3 is 2.55 bits per heavy atom. The second-order valence-electron chi connectivity index (χ2n) is 7.07. The molecule has 1 saturated heterocycles. The number of alkyl halides is 1. The third-order valence-corrected chi connectivity index (χ3v) is 5.36. The first-order chi connectivity index (χ1) is 10.5. The highest BCUT2D eigenvalue weighted by atomic mass is 19.1. The first-order valence-corrected chi connectivity index (χ1v) is 8.36. The van der Waals surface area contributed by atoms with Gasteiger partial charge in [-0.2, -0.15) is 0 Å². The number of hydrogen-bond donors (Lipinski definition) is 0. The quantitative estimate of drug-likeness (QED) is 0.751. The fraction of sp³-hybridized carbons (Fsp3) is 0.579. The smallest absolute Gasteiger partial charge is 0.107 e. The van der Waals surface area contributed by atoms with Gasteiger partial charge in [-0.1, -0.05) is 49.4 Å². The Morgan fingerprint density at radius 2 is 1.95 bits per heavy atom. The van der Waals surface area contributed by atoms with E-state index in [2.05, 4.69) is 67.8 Å². The van der Waals surface area contributed by atoms with E-state index in [-0.39, 0.29) is 12.0 Å². The maximum atomic E-state index is 13.3. The lowest BCUT2D eigenvalue weighted by atomic mass is 10.0. The van der Waals surface area contributed by atoms with Crippen LogP contribution in [0.3, 0.4) is 0 Å². The summed E-state index contributed by atoms with van der Waals surface area (Å²) < 4.78 is 13.3. The third-order valence-electron chi connectivity index (χ3n) is 5.36. The lowest BCUT2D eigenvalue weighted by Gasteiger charge is -2.38. The van der Waals surface area contributed by atoms with Crippen molar-refractivity contribution in [2.24, 2.45) is 11.8 Å². The summed E-state index contributed by atoms with van der Waals surface area (Å²) in [5, 5.41) is 4.74. The normalized spacial score (nSPS) is 33.1. The summed E-state index contributed by atoms with van der Waals surface area (Å²) in [7, 11) is 2.12. The molecule has 2 fully saturated rings. The number of hydrazine groups is 1. The van der Waals surface area contributed by atoms with Gasteiger partial charge < -0.3 is 0 Å². The Labute approximate surface area is 133 Å². The van der Waals surface area contributed by atoms with Gasteiger partial charge >= 0.3 is 0 Å². The van der Waals surface area contributed by atoms with E-state index in [9.17, 15) is 4.39 Å². The van der Waals surface area contributed by atoms with Crippen LogP contribution in [0.1, 0.15) is 38.3 Å². The third kappa shape index (κ3) is 2.97. The molecule has 5 atom stereocenters. The van der Waals surface area contributed by atoms with E-state index >= 15 is 0 Å². The Hall–Kier alpha value is -1.19. The molecule has 120 valence electrons.